The molecule has 160 valence electrons. The first-order chi connectivity index (χ1) is 15.6. The van der Waals surface area contributed by atoms with Crippen molar-refractivity contribution in [3.05, 3.63) is 90.3 Å². The molecule has 0 fully saturated rings. The van der Waals surface area contributed by atoms with E-state index in [9.17, 15) is 9.59 Å². The summed E-state index contributed by atoms with van der Waals surface area (Å²) in [5, 5.41) is 3.74. The van der Waals surface area contributed by atoms with Crippen molar-refractivity contribution in [2.45, 2.75) is 6.92 Å². The number of aryl methyl sites for hydroxylation is 1. The highest BCUT2D eigenvalue weighted by atomic mass is 16.5. The number of hydrogen-bond acceptors (Lipinski definition) is 6. The molecule has 0 aliphatic carbocycles. The van der Waals surface area contributed by atoms with Crippen LogP contribution in [0.5, 0.6) is 5.75 Å². The number of para-hydroxylation sites is 1. The molecular weight excluding hydrogens is 408 g/mol. The summed E-state index contributed by atoms with van der Waals surface area (Å²) in [6.45, 7) is 1.47. The maximum absolute atomic E-state index is 12.3. The Bertz CT molecular complexity index is 1220. The Labute approximate surface area is 184 Å². The van der Waals surface area contributed by atoms with Crippen molar-refractivity contribution in [2.75, 3.05) is 6.61 Å². The third-order valence-corrected chi connectivity index (χ3v) is 4.57. The first-order valence-electron chi connectivity index (χ1n) is 9.87. The van der Waals surface area contributed by atoms with Crippen LogP contribution in [0.3, 0.4) is 0 Å². The number of hydrazine groups is 1. The van der Waals surface area contributed by atoms with Gasteiger partial charge in [-0.15, -0.1) is 0 Å². The van der Waals surface area contributed by atoms with Gasteiger partial charge >= 0.3 is 0 Å². The molecular formula is C24H20N4O4. The molecule has 8 heteroatoms. The molecule has 0 spiro atoms. The highest BCUT2D eigenvalue weighted by Crippen LogP contribution is 2.29. The van der Waals surface area contributed by atoms with Crippen molar-refractivity contribution in [1.29, 1.82) is 0 Å². The van der Waals surface area contributed by atoms with E-state index in [0.29, 0.717) is 28.6 Å². The van der Waals surface area contributed by atoms with Gasteiger partial charge in [-0.1, -0.05) is 53.7 Å². The van der Waals surface area contributed by atoms with E-state index < -0.39 is 11.8 Å². The monoisotopic (exact) mass is 428 g/mol. The van der Waals surface area contributed by atoms with E-state index in [2.05, 4.69) is 21.0 Å². The van der Waals surface area contributed by atoms with Crippen LogP contribution in [-0.2, 0) is 4.79 Å². The van der Waals surface area contributed by atoms with Crippen LogP contribution < -0.4 is 15.6 Å². The van der Waals surface area contributed by atoms with Crippen LogP contribution in [0.1, 0.15) is 16.2 Å². The summed E-state index contributed by atoms with van der Waals surface area (Å²) in [5.74, 6) is 0.524. The Morgan fingerprint density at radius 1 is 0.875 bits per heavy atom. The van der Waals surface area contributed by atoms with Crippen molar-refractivity contribution < 1.29 is 18.8 Å². The summed E-state index contributed by atoms with van der Waals surface area (Å²) in [5.41, 5.74) is 7.64. The van der Waals surface area contributed by atoms with Crippen molar-refractivity contribution in [2.24, 2.45) is 0 Å². The summed E-state index contributed by atoms with van der Waals surface area (Å²) in [4.78, 5) is 28.6. The number of rotatable bonds is 6. The van der Waals surface area contributed by atoms with Gasteiger partial charge in [0, 0.05) is 16.7 Å². The van der Waals surface area contributed by atoms with Crippen molar-refractivity contribution >= 4 is 11.8 Å². The van der Waals surface area contributed by atoms with E-state index in [1.54, 1.807) is 37.3 Å². The molecule has 4 aromatic rings. The standard InChI is InChI=1S/C24H20N4O4/c1-16-25-24(32-28-16)19-13-11-18(12-14-19)23(30)27-26-22(29)15-31-21-10-6-5-9-20(21)17-7-3-2-4-8-17/h2-14H,15H2,1H3,(H,26,29)(H,27,30). The molecule has 0 aliphatic heterocycles. The molecule has 2 N–H and O–H groups in total. The van der Waals surface area contributed by atoms with E-state index in [1.807, 2.05) is 48.5 Å². The van der Waals surface area contributed by atoms with Gasteiger partial charge in [-0.25, -0.2) is 0 Å². The zero-order valence-electron chi connectivity index (χ0n) is 17.2. The quantitative estimate of drug-likeness (QED) is 0.455. The van der Waals surface area contributed by atoms with Gasteiger partial charge in [-0.2, -0.15) is 4.98 Å². The van der Waals surface area contributed by atoms with Gasteiger partial charge in [0.1, 0.15) is 5.75 Å². The Kier molecular flexibility index (Phi) is 6.22. The van der Waals surface area contributed by atoms with Gasteiger partial charge in [0.2, 0.25) is 0 Å². The fraction of sp³-hybridized carbons (Fsp3) is 0.0833. The van der Waals surface area contributed by atoms with Crippen LogP contribution in [0.25, 0.3) is 22.6 Å². The van der Waals surface area contributed by atoms with Crippen LogP contribution in [0.15, 0.2) is 83.4 Å². The maximum atomic E-state index is 12.3. The van der Waals surface area contributed by atoms with E-state index in [1.165, 1.54) is 0 Å². The fourth-order valence-corrected chi connectivity index (χ4v) is 3.01. The minimum absolute atomic E-state index is 0.250. The van der Waals surface area contributed by atoms with Gasteiger partial charge in [0.25, 0.3) is 17.7 Å². The van der Waals surface area contributed by atoms with Gasteiger partial charge < -0.3 is 9.26 Å². The molecule has 0 unspecified atom stereocenters. The smallest absolute Gasteiger partial charge is 0.276 e. The fourth-order valence-electron chi connectivity index (χ4n) is 3.01. The number of benzene rings is 3. The SMILES string of the molecule is Cc1noc(-c2ccc(C(=O)NNC(=O)COc3ccccc3-c3ccccc3)cc2)n1. The molecule has 8 nitrogen and oxygen atoms in total. The minimum atomic E-state index is -0.487. The van der Waals surface area contributed by atoms with Gasteiger partial charge in [0.15, 0.2) is 12.4 Å². The highest BCUT2D eigenvalue weighted by Gasteiger charge is 2.12. The Balaban J connectivity index is 1.31. The molecule has 0 aliphatic rings. The molecule has 3 aromatic carbocycles. The Morgan fingerprint density at radius 2 is 1.59 bits per heavy atom. The third-order valence-electron chi connectivity index (χ3n) is 4.57. The first kappa shape index (κ1) is 20.8. The number of aromatic nitrogens is 2. The molecule has 1 aromatic heterocycles. The largest absolute Gasteiger partial charge is 0.483 e. The van der Waals surface area contributed by atoms with E-state index in [-0.39, 0.29) is 6.61 Å². The van der Waals surface area contributed by atoms with E-state index in [0.717, 1.165) is 11.1 Å². The summed E-state index contributed by atoms with van der Waals surface area (Å²) < 4.78 is 10.8. The van der Waals surface area contributed by atoms with E-state index >= 15 is 0 Å². The predicted molar refractivity (Wildman–Crippen MR) is 117 cm³/mol. The lowest BCUT2D eigenvalue weighted by Gasteiger charge is -2.12. The zero-order chi connectivity index (χ0) is 22.3. The normalized spacial score (nSPS) is 10.4. The van der Waals surface area contributed by atoms with Crippen LogP contribution in [0.4, 0.5) is 0 Å². The predicted octanol–water partition coefficient (Wildman–Crippen LogP) is 3.55. The molecule has 32 heavy (non-hydrogen) atoms. The Morgan fingerprint density at radius 3 is 2.31 bits per heavy atom. The number of carbonyl (C=O) groups excluding carboxylic acids is 2. The average Bonchev–Trinajstić information content (AvgIpc) is 3.28. The zero-order valence-corrected chi connectivity index (χ0v) is 17.2. The molecule has 0 bridgehead atoms. The molecule has 0 saturated carbocycles. The molecule has 1 heterocycles. The summed E-state index contributed by atoms with van der Waals surface area (Å²) in [6, 6.07) is 23.8. The van der Waals surface area contributed by atoms with Gasteiger partial charge in [-0.3, -0.25) is 20.4 Å². The highest BCUT2D eigenvalue weighted by molar-refractivity contribution is 5.95. The number of amides is 2. The third kappa shape index (κ3) is 4.99. The lowest BCUT2D eigenvalue weighted by molar-refractivity contribution is -0.123. The molecule has 0 atom stereocenters. The number of carbonyl (C=O) groups is 2. The molecule has 4 rings (SSSR count). The van der Waals surface area contributed by atoms with Gasteiger partial charge in [0.05, 0.1) is 0 Å². The van der Waals surface area contributed by atoms with Crippen LogP contribution in [0.2, 0.25) is 0 Å². The lowest BCUT2D eigenvalue weighted by Crippen LogP contribution is -2.43. The lowest BCUT2D eigenvalue weighted by atomic mass is 10.1. The topological polar surface area (TPSA) is 106 Å². The van der Waals surface area contributed by atoms with Crippen molar-refractivity contribution in [3.63, 3.8) is 0 Å². The van der Waals surface area contributed by atoms with E-state index in [4.69, 9.17) is 9.26 Å². The van der Waals surface area contributed by atoms with Crippen LogP contribution in [-0.4, -0.2) is 28.6 Å². The Hall–Kier alpha value is -4.46. The molecule has 2 amide bonds. The second-order valence-corrected chi connectivity index (χ2v) is 6.88. The number of nitrogens with zero attached hydrogens (tertiary/aromatic N) is 2. The average molecular weight is 428 g/mol. The first-order valence-corrected chi connectivity index (χ1v) is 9.87. The number of hydrogen-bond donors (Lipinski definition) is 2. The summed E-state index contributed by atoms with van der Waals surface area (Å²) >= 11 is 0. The van der Waals surface area contributed by atoms with Crippen LogP contribution >= 0.6 is 0 Å². The molecule has 0 radical (unpaired) electrons. The minimum Gasteiger partial charge on any atom is -0.483 e. The molecule has 0 saturated heterocycles. The maximum Gasteiger partial charge on any atom is 0.276 e. The summed E-state index contributed by atoms with van der Waals surface area (Å²) in [7, 11) is 0. The van der Waals surface area contributed by atoms with Gasteiger partial charge in [-0.05, 0) is 42.8 Å². The second-order valence-electron chi connectivity index (χ2n) is 6.88. The van der Waals surface area contributed by atoms with Crippen molar-refractivity contribution in [1.82, 2.24) is 21.0 Å². The number of nitrogens with one attached hydrogen (secondary N) is 2. The van der Waals surface area contributed by atoms with Crippen LogP contribution in [0, 0.1) is 6.92 Å². The second kappa shape index (κ2) is 9.57. The van der Waals surface area contributed by atoms with Crippen molar-refractivity contribution in [3.8, 4) is 28.3 Å². The number of ether oxygens (including phenoxy) is 1. The summed E-state index contributed by atoms with van der Waals surface area (Å²) in [6.07, 6.45) is 0.